The number of nitrogens with zero attached hydrogens (tertiary/aromatic N) is 3. The fourth-order valence-corrected chi connectivity index (χ4v) is 2.94. The number of amides is 2. The fraction of sp³-hybridized carbons (Fsp3) is 0.562. The summed E-state index contributed by atoms with van der Waals surface area (Å²) < 4.78 is 1.94. The molecule has 1 atom stereocenters. The molecule has 2 amide bonds. The predicted octanol–water partition coefficient (Wildman–Crippen LogP) is 3.27. The fourth-order valence-electron chi connectivity index (χ4n) is 2.22. The lowest BCUT2D eigenvalue weighted by Crippen LogP contribution is -2.36. The summed E-state index contributed by atoms with van der Waals surface area (Å²) in [7, 11) is 0. The quantitative estimate of drug-likeness (QED) is 0.901. The first-order chi connectivity index (χ1) is 10.7. The van der Waals surface area contributed by atoms with Gasteiger partial charge in [0, 0.05) is 16.6 Å². The summed E-state index contributed by atoms with van der Waals surface area (Å²) >= 11 is 1.55. The molecular weight excluding hydrogens is 310 g/mol. The predicted molar refractivity (Wildman–Crippen MR) is 92.6 cm³/mol. The smallest absolute Gasteiger partial charge is 0.315 e. The summed E-state index contributed by atoms with van der Waals surface area (Å²) in [5.74, 6) is 0. The number of hydrogen-bond donors (Lipinski definition) is 2. The van der Waals surface area contributed by atoms with E-state index in [9.17, 15) is 4.79 Å². The number of thiazole rings is 1. The molecule has 0 bridgehead atoms. The topological polar surface area (TPSA) is 71.8 Å². The number of rotatable bonds is 4. The van der Waals surface area contributed by atoms with E-state index in [2.05, 4.69) is 41.5 Å². The van der Waals surface area contributed by atoms with Crippen molar-refractivity contribution in [3.05, 3.63) is 33.5 Å². The van der Waals surface area contributed by atoms with E-state index in [-0.39, 0.29) is 17.6 Å². The number of aryl methyl sites for hydroxylation is 2. The van der Waals surface area contributed by atoms with Gasteiger partial charge in [0.15, 0.2) is 0 Å². The molecule has 2 N–H and O–H groups in total. The molecule has 0 aromatic carbocycles. The summed E-state index contributed by atoms with van der Waals surface area (Å²) in [6.07, 6.45) is 2.01. The van der Waals surface area contributed by atoms with Crippen LogP contribution in [-0.4, -0.2) is 20.8 Å². The molecule has 7 heteroatoms. The second-order valence-electron chi connectivity index (χ2n) is 6.69. The largest absolute Gasteiger partial charge is 0.333 e. The van der Waals surface area contributed by atoms with E-state index in [4.69, 9.17) is 0 Å². The van der Waals surface area contributed by atoms with Crippen molar-refractivity contribution < 1.29 is 4.79 Å². The molecule has 0 unspecified atom stereocenters. The zero-order valence-electron chi connectivity index (χ0n) is 14.6. The van der Waals surface area contributed by atoms with Crippen molar-refractivity contribution in [2.75, 3.05) is 0 Å². The number of hydrogen-bond acceptors (Lipinski definition) is 4. The van der Waals surface area contributed by atoms with E-state index in [0.717, 1.165) is 21.8 Å². The van der Waals surface area contributed by atoms with Crippen LogP contribution in [0, 0.1) is 13.8 Å². The van der Waals surface area contributed by atoms with Gasteiger partial charge in [-0.3, -0.25) is 4.68 Å². The van der Waals surface area contributed by atoms with Crippen LogP contribution in [0.2, 0.25) is 0 Å². The highest BCUT2D eigenvalue weighted by Crippen LogP contribution is 2.21. The molecule has 126 valence electrons. The second kappa shape index (κ2) is 6.70. The highest BCUT2D eigenvalue weighted by atomic mass is 32.1. The van der Waals surface area contributed by atoms with Gasteiger partial charge in [-0.1, -0.05) is 0 Å². The molecule has 2 rings (SSSR count). The number of aromatic nitrogens is 3. The summed E-state index contributed by atoms with van der Waals surface area (Å²) in [5.41, 5.74) is 4.65. The van der Waals surface area contributed by atoms with Crippen LogP contribution in [0.3, 0.4) is 0 Å². The Bertz CT molecular complexity index is 683. The van der Waals surface area contributed by atoms with E-state index in [1.165, 1.54) is 0 Å². The maximum absolute atomic E-state index is 12.1. The summed E-state index contributed by atoms with van der Waals surface area (Å²) in [5, 5.41) is 10.4. The lowest BCUT2D eigenvalue weighted by Gasteiger charge is -2.19. The van der Waals surface area contributed by atoms with Gasteiger partial charge in [-0.2, -0.15) is 5.10 Å². The molecule has 0 fully saturated rings. The van der Waals surface area contributed by atoms with E-state index < -0.39 is 0 Å². The maximum atomic E-state index is 12.1. The van der Waals surface area contributed by atoms with Gasteiger partial charge < -0.3 is 10.6 Å². The van der Waals surface area contributed by atoms with Gasteiger partial charge in [-0.05, 0) is 41.5 Å². The average molecular weight is 335 g/mol. The molecule has 0 spiro atoms. The third kappa shape index (κ3) is 4.31. The van der Waals surface area contributed by atoms with Crippen molar-refractivity contribution in [1.29, 1.82) is 0 Å². The Hall–Kier alpha value is -1.89. The minimum absolute atomic E-state index is 0.0747. The average Bonchev–Trinajstić information content (AvgIpc) is 3.02. The Labute approximate surface area is 141 Å². The first-order valence-electron chi connectivity index (χ1n) is 7.68. The molecule has 0 radical (unpaired) electrons. The minimum Gasteiger partial charge on any atom is -0.333 e. The van der Waals surface area contributed by atoms with Gasteiger partial charge in [-0.15, -0.1) is 11.3 Å². The molecule has 2 aromatic rings. The number of urea groups is 1. The van der Waals surface area contributed by atoms with Crippen LogP contribution >= 0.6 is 11.3 Å². The van der Waals surface area contributed by atoms with Crippen LogP contribution in [0.5, 0.6) is 0 Å². The minimum atomic E-state index is -0.187. The molecule has 6 nitrogen and oxygen atoms in total. The van der Waals surface area contributed by atoms with Gasteiger partial charge in [0.25, 0.3) is 0 Å². The first-order valence-corrected chi connectivity index (χ1v) is 8.56. The van der Waals surface area contributed by atoms with Crippen LogP contribution in [0.25, 0.3) is 0 Å². The molecule has 0 aliphatic carbocycles. The maximum Gasteiger partial charge on any atom is 0.315 e. The molecule has 0 aliphatic heterocycles. The Morgan fingerprint density at radius 2 is 2.04 bits per heavy atom. The Morgan fingerprint density at radius 1 is 1.35 bits per heavy atom. The molecule has 0 saturated carbocycles. The van der Waals surface area contributed by atoms with Crippen molar-refractivity contribution >= 4 is 17.4 Å². The first kappa shape index (κ1) is 17.5. The van der Waals surface area contributed by atoms with Crippen molar-refractivity contribution in [3.63, 3.8) is 0 Å². The van der Waals surface area contributed by atoms with Crippen LogP contribution in [-0.2, 0) is 12.1 Å². The van der Waals surface area contributed by atoms with Gasteiger partial charge >= 0.3 is 6.03 Å². The van der Waals surface area contributed by atoms with Gasteiger partial charge in [0.1, 0.15) is 0 Å². The third-order valence-electron chi connectivity index (χ3n) is 3.69. The van der Waals surface area contributed by atoms with Crippen molar-refractivity contribution in [1.82, 2.24) is 25.4 Å². The van der Waals surface area contributed by atoms with Crippen molar-refractivity contribution in [3.8, 4) is 0 Å². The zero-order chi connectivity index (χ0) is 17.2. The highest BCUT2D eigenvalue weighted by molar-refractivity contribution is 7.09. The molecular formula is C16H25N5OS. The molecule has 2 aromatic heterocycles. The Kier molecular flexibility index (Phi) is 5.09. The van der Waals surface area contributed by atoms with Gasteiger partial charge in [0.2, 0.25) is 0 Å². The number of carbonyl (C=O) groups is 1. The Morgan fingerprint density at radius 3 is 2.57 bits per heavy atom. The number of carbonyl (C=O) groups excluding carboxylic acids is 1. The van der Waals surface area contributed by atoms with E-state index in [1.54, 1.807) is 16.8 Å². The van der Waals surface area contributed by atoms with Crippen molar-refractivity contribution in [2.24, 2.45) is 0 Å². The van der Waals surface area contributed by atoms with Crippen LogP contribution < -0.4 is 10.6 Å². The second-order valence-corrected chi connectivity index (χ2v) is 7.63. The third-order valence-corrected chi connectivity index (χ3v) is 4.63. The van der Waals surface area contributed by atoms with Crippen molar-refractivity contribution in [2.45, 2.75) is 59.7 Å². The summed E-state index contributed by atoms with van der Waals surface area (Å²) in [6.45, 7) is 12.7. The van der Waals surface area contributed by atoms with Gasteiger partial charge in [0.05, 0.1) is 35.0 Å². The molecule has 0 saturated heterocycles. The SMILES string of the molecule is Cc1nn(C(C)(C)C)cc1[C@H](C)NC(=O)NCc1scnc1C. The lowest BCUT2D eigenvalue weighted by atomic mass is 10.1. The zero-order valence-corrected chi connectivity index (χ0v) is 15.4. The van der Waals surface area contributed by atoms with Crippen LogP contribution in [0.15, 0.2) is 11.7 Å². The standard InChI is InChI=1S/C16H25N5OS/c1-10(13-8-21(16(4,5)6)20-11(13)2)19-15(22)17-7-14-12(3)18-9-23-14/h8-10H,7H2,1-6H3,(H2,17,19,22)/t10-/m0/s1. The normalized spacial score (nSPS) is 13.0. The summed E-state index contributed by atoms with van der Waals surface area (Å²) in [4.78, 5) is 17.3. The van der Waals surface area contributed by atoms with Gasteiger partial charge in [-0.25, -0.2) is 9.78 Å². The van der Waals surface area contributed by atoms with E-state index in [1.807, 2.05) is 31.6 Å². The highest BCUT2D eigenvalue weighted by Gasteiger charge is 2.20. The van der Waals surface area contributed by atoms with Crippen LogP contribution in [0.1, 0.15) is 55.6 Å². The summed E-state index contributed by atoms with van der Waals surface area (Å²) in [6, 6.07) is -0.290. The van der Waals surface area contributed by atoms with Crippen LogP contribution in [0.4, 0.5) is 4.79 Å². The number of nitrogens with one attached hydrogen (secondary N) is 2. The monoisotopic (exact) mass is 335 g/mol. The molecule has 2 heterocycles. The molecule has 0 aliphatic rings. The van der Waals surface area contributed by atoms with E-state index in [0.29, 0.717) is 6.54 Å². The lowest BCUT2D eigenvalue weighted by molar-refractivity contribution is 0.237. The Balaban J connectivity index is 1.96. The van der Waals surface area contributed by atoms with E-state index >= 15 is 0 Å². The molecule has 23 heavy (non-hydrogen) atoms.